The molecule has 5 nitrogen and oxygen atoms in total. The number of hydrogen-bond donors (Lipinski definition) is 0. The third-order valence-corrected chi connectivity index (χ3v) is 4.38. The zero-order valence-electron chi connectivity index (χ0n) is 13.7. The number of carbonyl (C=O) groups excluding carboxylic acids is 1. The van der Waals surface area contributed by atoms with Crippen molar-refractivity contribution in [2.45, 2.75) is 32.3 Å². The molecule has 0 N–H and O–H groups in total. The maximum atomic E-state index is 12.3. The number of aromatic nitrogens is 1. The molecule has 0 aromatic carbocycles. The molecule has 2 aliphatic rings. The molecule has 0 unspecified atom stereocenters. The summed E-state index contributed by atoms with van der Waals surface area (Å²) < 4.78 is 5.88. The predicted octanol–water partition coefficient (Wildman–Crippen LogP) is 2.16. The first kappa shape index (κ1) is 15.3. The van der Waals surface area contributed by atoms with Gasteiger partial charge in [-0.2, -0.15) is 0 Å². The van der Waals surface area contributed by atoms with Crippen molar-refractivity contribution >= 4 is 11.6 Å². The molecule has 1 saturated heterocycles. The molecule has 120 valence electrons. The van der Waals surface area contributed by atoms with Crippen molar-refractivity contribution in [1.82, 2.24) is 9.88 Å². The fourth-order valence-electron chi connectivity index (χ4n) is 2.85. The van der Waals surface area contributed by atoms with Crippen LogP contribution in [0.15, 0.2) is 12.1 Å². The molecule has 22 heavy (non-hydrogen) atoms. The van der Waals surface area contributed by atoms with Crippen molar-refractivity contribution in [1.29, 1.82) is 0 Å². The fraction of sp³-hybridized carbons (Fsp3) is 0.647. The van der Waals surface area contributed by atoms with Crippen molar-refractivity contribution < 1.29 is 9.53 Å². The molecule has 1 saturated carbocycles. The van der Waals surface area contributed by atoms with Gasteiger partial charge in [-0.3, -0.25) is 9.78 Å². The van der Waals surface area contributed by atoms with Crippen LogP contribution in [-0.2, 0) is 9.53 Å². The van der Waals surface area contributed by atoms with E-state index in [-0.39, 0.29) is 12.0 Å². The van der Waals surface area contributed by atoms with Gasteiger partial charge in [0.05, 0.1) is 18.8 Å². The van der Waals surface area contributed by atoms with E-state index < -0.39 is 0 Å². The van der Waals surface area contributed by atoms with E-state index in [1.54, 1.807) is 0 Å². The Balaban J connectivity index is 1.72. The fourth-order valence-corrected chi connectivity index (χ4v) is 2.85. The second-order valence-corrected chi connectivity index (χ2v) is 6.63. The summed E-state index contributed by atoms with van der Waals surface area (Å²) in [5.74, 6) is 0.905. The molecule has 1 aliphatic heterocycles. The van der Waals surface area contributed by atoms with E-state index in [0.29, 0.717) is 32.0 Å². The highest BCUT2D eigenvalue weighted by molar-refractivity contribution is 5.76. The lowest BCUT2D eigenvalue weighted by Gasteiger charge is -2.33. The van der Waals surface area contributed by atoms with Crippen LogP contribution in [0.5, 0.6) is 0 Å². The van der Waals surface area contributed by atoms with Gasteiger partial charge in [-0.25, -0.2) is 0 Å². The van der Waals surface area contributed by atoms with Crippen molar-refractivity contribution in [3.8, 4) is 0 Å². The van der Waals surface area contributed by atoms with E-state index in [0.717, 1.165) is 17.1 Å². The largest absolute Gasteiger partial charge is 0.378 e. The lowest BCUT2D eigenvalue weighted by Crippen LogP contribution is -2.42. The summed E-state index contributed by atoms with van der Waals surface area (Å²) >= 11 is 0. The normalized spacial score (nSPS) is 21.8. The highest BCUT2D eigenvalue weighted by Crippen LogP contribution is 2.33. The number of morpholine rings is 1. The van der Waals surface area contributed by atoms with Crippen LogP contribution < -0.4 is 4.90 Å². The van der Waals surface area contributed by atoms with Gasteiger partial charge in [-0.15, -0.1) is 0 Å². The topological polar surface area (TPSA) is 45.7 Å². The first-order chi connectivity index (χ1) is 10.5. The molecular weight excluding hydrogens is 278 g/mol. The third kappa shape index (κ3) is 3.58. The van der Waals surface area contributed by atoms with Crippen LogP contribution in [-0.4, -0.2) is 49.6 Å². The minimum atomic E-state index is -0.115. The van der Waals surface area contributed by atoms with Gasteiger partial charge >= 0.3 is 0 Å². The summed E-state index contributed by atoms with van der Waals surface area (Å²) in [5, 5.41) is 0. The molecule has 0 spiro atoms. The van der Waals surface area contributed by atoms with Gasteiger partial charge in [0.15, 0.2) is 0 Å². The van der Waals surface area contributed by atoms with Gasteiger partial charge in [0.2, 0.25) is 5.91 Å². The predicted molar refractivity (Wildman–Crippen MR) is 85.9 cm³/mol. The number of ether oxygens (including phenoxy) is 1. The first-order valence-electron chi connectivity index (χ1n) is 8.08. The van der Waals surface area contributed by atoms with E-state index in [1.165, 1.54) is 12.8 Å². The maximum absolute atomic E-state index is 12.3. The number of pyridine rings is 1. The second-order valence-electron chi connectivity index (χ2n) is 6.63. The molecule has 2 fully saturated rings. The van der Waals surface area contributed by atoms with E-state index in [2.05, 4.69) is 22.0 Å². The zero-order valence-corrected chi connectivity index (χ0v) is 13.7. The molecule has 5 heteroatoms. The van der Waals surface area contributed by atoms with Crippen molar-refractivity contribution in [3.63, 3.8) is 0 Å². The minimum Gasteiger partial charge on any atom is -0.378 e. The number of rotatable bonds is 4. The Kier molecular flexibility index (Phi) is 4.34. The summed E-state index contributed by atoms with van der Waals surface area (Å²) in [6.07, 6.45) is 3.02. The zero-order chi connectivity index (χ0) is 15.7. The van der Waals surface area contributed by atoms with Gasteiger partial charge in [-0.05, 0) is 37.8 Å². The third-order valence-electron chi connectivity index (χ3n) is 4.38. The Morgan fingerprint density at radius 2 is 2.18 bits per heavy atom. The van der Waals surface area contributed by atoms with Gasteiger partial charge in [0.1, 0.15) is 6.10 Å². The van der Waals surface area contributed by atoms with Gasteiger partial charge in [-0.1, -0.05) is 0 Å². The smallest absolute Gasteiger partial charge is 0.223 e. The Morgan fingerprint density at radius 3 is 2.86 bits per heavy atom. The summed E-state index contributed by atoms with van der Waals surface area (Å²) in [6, 6.07) is 4.12. The van der Waals surface area contributed by atoms with Crippen LogP contribution in [0.1, 0.15) is 36.8 Å². The number of nitrogens with zero attached hydrogens (tertiary/aromatic N) is 3. The summed E-state index contributed by atoms with van der Waals surface area (Å²) in [7, 11) is 4.04. The van der Waals surface area contributed by atoms with Gasteiger partial charge < -0.3 is 14.5 Å². The summed E-state index contributed by atoms with van der Waals surface area (Å²) in [5.41, 5.74) is 3.02. The molecule has 1 amide bonds. The van der Waals surface area contributed by atoms with Crippen LogP contribution >= 0.6 is 0 Å². The monoisotopic (exact) mass is 303 g/mol. The quantitative estimate of drug-likeness (QED) is 0.855. The molecule has 1 aromatic rings. The summed E-state index contributed by atoms with van der Waals surface area (Å²) in [6.45, 7) is 3.91. The number of amides is 1. The average molecular weight is 303 g/mol. The SMILES string of the molecule is Cc1cc(N(C)C)cc([C@@H]2CN(C(=O)CC3CC3)CCO2)n1. The number of carbonyl (C=O) groups is 1. The Bertz CT molecular complexity index is 555. The second kappa shape index (κ2) is 6.24. The lowest BCUT2D eigenvalue weighted by atomic mass is 10.1. The van der Waals surface area contributed by atoms with Crippen LogP contribution in [0.4, 0.5) is 5.69 Å². The molecule has 1 aliphatic carbocycles. The minimum absolute atomic E-state index is 0.115. The molecule has 3 rings (SSSR count). The van der Waals surface area contributed by atoms with Gasteiger partial charge in [0, 0.05) is 38.4 Å². The number of aryl methyl sites for hydroxylation is 1. The Hall–Kier alpha value is -1.62. The number of hydrogen-bond acceptors (Lipinski definition) is 4. The molecule has 0 radical (unpaired) electrons. The standard InChI is InChI=1S/C17H25N3O2/c1-12-8-14(19(2)3)10-15(18-12)16-11-20(6-7-22-16)17(21)9-13-4-5-13/h8,10,13,16H,4-7,9,11H2,1-3H3/t16-/m0/s1. The average Bonchev–Trinajstić information content (AvgIpc) is 3.30. The lowest BCUT2D eigenvalue weighted by molar-refractivity contribution is -0.139. The Labute approximate surface area is 132 Å². The van der Waals surface area contributed by atoms with Crippen molar-refractivity contribution in [3.05, 3.63) is 23.5 Å². The van der Waals surface area contributed by atoms with E-state index in [9.17, 15) is 4.79 Å². The van der Waals surface area contributed by atoms with Crippen LogP contribution in [0, 0.1) is 12.8 Å². The molecular formula is C17H25N3O2. The van der Waals surface area contributed by atoms with E-state index >= 15 is 0 Å². The van der Waals surface area contributed by atoms with Crippen LogP contribution in [0.2, 0.25) is 0 Å². The van der Waals surface area contributed by atoms with Gasteiger partial charge in [0.25, 0.3) is 0 Å². The first-order valence-corrected chi connectivity index (χ1v) is 8.08. The summed E-state index contributed by atoms with van der Waals surface area (Å²) in [4.78, 5) is 20.9. The molecule has 2 heterocycles. The molecule has 0 bridgehead atoms. The highest BCUT2D eigenvalue weighted by Gasteiger charge is 2.31. The van der Waals surface area contributed by atoms with Crippen molar-refractivity contribution in [2.75, 3.05) is 38.7 Å². The highest BCUT2D eigenvalue weighted by atomic mass is 16.5. The van der Waals surface area contributed by atoms with E-state index in [1.807, 2.05) is 25.9 Å². The van der Waals surface area contributed by atoms with Crippen LogP contribution in [0.25, 0.3) is 0 Å². The van der Waals surface area contributed by atoms with Crippen molar-refractivity contribution in [2.24, 2.45) is 5.92 Å². The van der Waals surface area contributed by atoms with Crippen LogP contribution in [0.3, 0.4) is 0 Å². The number of anilines is 1. The Morgan fingerprint density at radius 1 is 1.41 bits per heavy atom. The van der Waals surface area contributed by atoms with E-state index in [4.69, 9.17) is 4.74 Å². The molecule has 1 atom stereocenters. The molecule has 1 aromatic heterocycles. The maximum Gasteiger partial charge on any atom is 0.223 e.